The molecular weight excluding hydrogens is 327 g/mol. The van der Waals surface area contributed by atoms with Crippen molar-refractivity contribution >= 4 is 51.4 Å². The Balaban J connectivity index is 1.81. The Morgan fingerprint density at radius 2 is 1.71 bits per heavy atom. The number of hydrogen-bond donors (Lipinski definition) is 1. The zero-order chi connectivity index (χ0) is 14.8. The smallest absolute Gasteiger partial charge is 0.0702 e. The van der Waals surface area contributed by atoms with Gasteiger partial charge in [-0.05, 0) is 35.9 Å². The molecule has 0 unspecified atom stereocenters. The molecule has 0 spiro atoms. The SMILES string of the molecule is Clc1cc(Cl)c(NCc2ccc3ncccc3c2)cc1Cl. The van der Waals surface area contributed by atoms with E-state index in [0.29, 0.717) is 21.6 Å². The molecule has 5 heteroatoms. The van der Waals surface area contributed by atoms with Crippen molar-refractivity contribution in [1.29, 1.82) is 0 Å². The van der Waals surface area contributed by atoms with Gasteiger partial charge in [-0.15, -0.1) is 0 Å². The molecule has 0 fully saturated rings. The number of rotatable bonds is 3. The number of aromatic nitrogens is 1. The number of nitrogens with one attached hydrogen (secondary N) is 1. The van der Waals surface area contributed by atoms with Gasteiger partial charge in [-0.1, -0.05) is 46.9 Å². The summed E-state index contributed by atoms with van der Waals surface area (Å²) >= 11 is 18.1. The number of benzene rings is 2. The number of fused-ring (bicyclic) bond motifs is 1. The van der Waals surface area contributed by atoms with Crippen LogP contribution in [-0.2, 0) is 6.54 Å². The maximum atomic E-state index is 6.15. The largest absolute Gasteiger partial charge is 0.380 e. The minimum atomic E-state index is 0.448. The molecule has 0 aliphatic heterocycles. The Kier molecular flexibility index (Phi) is 4.20. The van der Waals surface area contributed by atoms with E-state index in [1.54, 1.807) is 18.3 Å². The molecular formula is C16H11Cl3N2. The maximum absolute atomic E-state index is 6.15. The second-order valence-electron chi connectivity index (χ2n) is 4.63. The van der Waals surface area contributed by atoms with E-state index in [-0.39, 0.29) is 0 Å². The minimum Gasteiger partial charge on any atom is -0.380 e. The van der Waals surface area contributed by atoms with Gasteiger partial charge in [0.15, 0.2) is 0 Å². The van der Waals surface area contributed by atoms with E-state index in [9.17, 15) is 0 Å². The number of nitrogens with zero attached hydrogens (tertiary/aromatic N) is 1. The molecule has 0 aliphatic carbocycles. The summed E-state index contributed by atoms with van der Waals surface area (Å²) in [7, 11) is 0. The molecule has 1 N–H and O–H groups in total. The lowest BCUT2D eigenvalue weighted by molar-refractivity contribution is 1.15. The first kappa shape index (κ1) is 14.5. The number of anilines is 1. The molecule has 0 atom stereocenters. The van der Waals surface area contributed by atoms with Gasteiger partial charge in [-0.2, -0.15) is 0 Å². The average Bonchev–Trinajstić information content (AvgIpc) is 2.49. The van der Waals surface area contributed by atoms with Crippen LogP contribution in [0.2, 0.25) is 15.1 Å². The van der Waals surface area contributed by atoms with Gasteiger partial charge in [0.2, 0.25) is 0 Å². The van der Waals surface area contributed by atoms with Crippen molar-refractivity contribution in [2.45, 2.75) is 6.54 Å². The van der Waals surface area contributed by atoms with Gasteiger partial charge in [0, 0.05) is 18.1 Å². The highest BCUT2D eigenvalue weighted by Crippen LogP contribution is 2.32. The first-order valence-corrected chi connectivity index (χ1v) is 7.49. The van der Waals surface area contributed by atoms with Crippen LogP contribution in [0.25, 0.3) is 10.9 Å². The standard InChI is InChI=1S/C16H11Cl3N2/c17-12-7-14(19)16(8-13(12)18)21-9-10-3-4-15-11(6-10)2-1-5-20-15/h1-8,21H,9H2. The molecule has 2 nitrogen and oxygen atoms in total. The van der Waals surface area contributed by atoms with Crippen LogP contribution < -0.4 is 5.32 Å². The van der Waals surface area contributed by atoms with Crippen LogP contribution in [0.3, 0.4) is 0 Å². The third-order valence-corrected chi connectivity index (χ3v) is 4.20. The zero-order valence-electron chi connectivity index (χ0n) is 10.9. The fourth-order valence-corrected chi connectivity index (χ4v) is 2.70. The second kappa shape index (κ2) is 6.10. The molecule has 21 heavy (non-hydrogen) atoms. The number of hydrogen-bond acceptors (Lipinski definition) is 2. The number of pyridine rings is 1. The summed E-state index contributed by atoms with van der Waals surface area (Å²) in [5.74, 6) is 0. The topological polar surface area (TPSA) is 24.9 Å². The lowest BCUT2D eigenvalue weighted by atomic mass is 10.1. The van der Waals surface area contributed by atoms with Gasteiger partial charge in [0.1, 0.15) is 0 Å². The van der Waals surface area contributed by atoms with Crippen molar-refractivity contribution in [3.8, 4) is 0 Å². The minimum absolute atomic E-state index is 0.448. The van der Waals surface area contributed by atoms with Gasteiger partial charge < -0.3 is 5.32 Å². The van der Waals surface area contributed by atoms with Crippen LogP contribution in [0, 0.1) is 0 Å². The van der Waals surface area contributed by atoms with E-state index in [0.717, 1.165) is 22.2 Å². The molecule has 106 valence electrons. The summed E-state index contributed by atoms with van der Waals surface area (Å²) in [5.41, 5.74) is 2.88. The summed E-state index contributed by atoms with van der Waals surface area (Å²) < 4.78 is 0. The lowest BCUT2D eigenvalue weighted by Gasteiger charge is -2.10. The van der Waals surface area contributed by atoms with Crippen molar-refractivity contribution in [3.63, 3.8) is 0 Å². The summed E-state index contributed by atoms with van der Waals surface area (Å²) in [4.78, 5) is 4.30. The van der Waals surface area contributed by atoms with Crippen molar-refractivity contribution in [2.24, 2.45) is 0 Å². The molecule has 1 heterocycles. The summed E-state index contributed by atoms with van der Waals surface area (Å²) in [6.45, 7) is 0.641. The molecule has 0 saturated heterocycles. The molecule has 0 saturated carbocycles. The number of halogens is 3. The van der Waals surface area contributed by atoms with E-state index in [4.69, 9.17) is 34.8 Å². The van der Waals surface area contributed by atoms with Gasteiger partial charge >= 0.3 is 0 Å². The van der Waals surface area contributed by atoms with E-state index in [1.807, 2.05) is 24.3 Å². The Morgan fingerprint density at radius 1 is 0.905 bits per heavy atom. The highest BCUT2D eigenvalue weighted by atomic mass is 35.5. The zero-order valence-corrected chi connectivity index (χ0v) is 13.2. The fraction of sp³-hybridized carbons (Fsp3) is 0.0625. The highest BCUT2D eigenvalue weighted by Gasteiger charge is 2.06. The Morgan fingerprint density at radius 3 is 2.57 bits per heavy atom. The van der Waals surface area contributed by atoms with Gasteiger partial charge in [0.05, 0.1) is 26.3 Å². The lowest BCUT2D eigenvalue weighted by Crippen LogP contribution is -2.00. The van der Waals surface area contributed by atoms with Crippen LogP contribution in [0.1, 0.15) is 5.56 Å². The predicted molar refractivity (Wildman–Crippen MR) is 90.5 cm³/mol. The summed E-state index contributed by atoms with van der Waals surface area (Å²) in [5, 5.41) is 5.85. The molecule has 0 bridgehead atoms. The fourth-order valence-electron chi connectivity index (χ4n) is 2.09. The van der Waals surface area contributed by atoms with Crippen LogP contribution in [0.15, 0.2) is 48.7 Å². The maximum Gasteiger partial charge on any atom is 0.0702 e. The third kappa shape index (κ3) is 3.24. The predicted octanol–water partition coefficient (Wildman–Crippen LogP) is 5.81. The van der Waals surface area contributed by atoms with Crippen molar-refractivity contribution in [1.82, 2.24) is 4.98 Å². The monoisotopic (exact) mass is 336 g/mol. The average molecular weight is 338 g/mol. The Hall–Kier alpha value is -1.48. The first-order valence-electron chi connectivity index (χ1n) is 6.35. The van der Waals surface area contributed by atoms with Crippen molar-refractivity contribution in [2.75, 3.05) is 5.32 Å². The second-order valence-corrected chi connectivity index (χ2v) is 5.85. The van der Waals surface area contributed by atoms with Crippen molar-refractivity contribution in [3.05, 3.63) is 69.3 Å². The van der Waals surface area contributed by atoms with Crippen LogP contribution in [0.4, 0.5) is 5.69 Å². The molecule has 3 rings (SSSR count). The van der Waals surface area contributed by atoms with Gasteiger partial charge in [-0.3, -0.25) is 4.98 Å². The quantitative estimate of drug-likeness (QED) is 0.610. The summed E-state index contributed by atoms with van der Waals surface area (Å²) in [6, 6.07) is 13.5. The third-order valence-electron chi connectivity index (χ3n) is 3.16. The molecule has 3 aromatic rings. The van der Waals surface area contributed by atoms with Gasteiger partial charge in [0.25, 0.3) is 0 Å². The van der Waals surface area contributed by atoms with E-state index in [1.165, 1.54) is 0 Å². The molecule has 0 amide bonds. The van der Waals surface area contributed by atoms with Crippen LogP contribution in [0.5, 0.6) is 0 Å². The summed E-state index contributed by atoms with van der Waals surface area (Å²) in [6.07, 6.45) is 1.79. The Labute approximate surface area is 137 Å². The molecule has 1 aromatic heterocycles. The Bertz CT molecular complexity index is 803. The highest BCUT2D eigenvalue weighted by molar-refractivity contribution is 6.44. The van der Waals surface area contributed by atoms with E-state index in [2.05, 4.69) is 16.4 Å². The van der Waals surface area contributed by atoms with Crippen molar-refractivity contribution < 1.29 is 0 Å². The molecule has 2 aromatic carbocycles. The molecule has 0 radical (unpaired) electrons. The first-order chi connectivity index (χ1) is 10.1. The van der Waals surface area contributed by atoms with Gasteiger partial charge in [-0.25, -0.2) is 0 Å². The van der Waals surface area contributed by atoms with E-state index >= 15 is 0 Å². The van der Waals surface area contributed by atoms with E-state index < -0.39 is 0 Å². The van der Waals surface area contributed by atoms with Crippen LogP contribution >= 0.6 is 34.8 Å². The normalized spacial score (nSPS) is 10.8. The molecule has 0 aliphatic rings. The van der Waals surface area contributed by atoms with Crippen LogP contribution in [-0.4, -0.2) is 4.98 Å².